The predicted molar refractivity (Wildman–Crippen MR) is 80.2 cm³/mol. The number of fused-ring (bicyclic) bond motifs is 1. The fourth-order valence-electron chi connectivity index (χ4n) is 2.15. The SMILES string of the molecule is COc1cc(Br)ccc1C(=O)c1c[nH]c2ccncc12. The third-order valence-corrected chi connectivity index (χ3v) is 3.63. The summed E-state index contributed by atoms with van der Waals surface area (Å²) in [5.41, 5.74) is 2.01. The van der Waals surface area contributed by atoms with Crippen molar-refractivity contribution in [1.82, 2.24) is 9.97 Å². The van der Waals surface area contributed by atoms with Gasteiger partial charge in [-0.2, -0.15) is 0 Å². The van der Waals surface area contributed by atoms with Gasteiger partial charge in [-0.3, -0.25) is 9.78 Å². The summed E-state index contributed by atoms with van der Waals surface area (Å²) in [6.45, 7) is 0. The molecule has 0 saturated heterocycles. The van der Waals surface area contributed by atoms with E-state index in [1.54, 1.807) is 37.8 Å². The zero-order valence-corrected chi connectivity index (χ0v) is 12.3. The maximum atomic E-state index is 12.7. The van der Waals surface area contributed by atoms with Crippen LogP contribution < -0.4 is 4.74 Å². The molecule has 0 radical (unpaired) electrons. The zero-order chi connectivity index (χ0) is 14.1. The molecular weight excluding hydrogens is 320 g/mol. The van der Waals surface area contributed by atoms with E-state index in [0.29, 0.717) is 16.9 Å². The number of hydrogen-bond acceptors (Lipinski definition) is 3. The first kappa shape index (κ1) is 12.9. The number of benzene rings is 1. The van der Waals surface area contributed by atoms with Gasteiger partial charge < -0.3 is 9.72 Å². The fraction of sp³-hybridized carbons (Fsp3) is 0.0667. The Morgan fingerprint density at radius 1 is 1.30 bits per heavy atom. The molecule has 0 aliphatic carbocycles. The molecule has 0 amide bonds. The van der Waals surface area contributed by atoms with Crippen LogP contribution in [0, 0.1) is 0 Å². The number of hydrogen-bond donors (Lipinski definition) is 1. The summed E-state index contributed by atoms with van der Waals surface area (Å²) in [6.07, 6.45) is 5.08. The van der Waals surface area contributed by atoms with E-state index in [0.717, 1.165) is 15.4 Å². The molecule has 20 heavy (non-hydrogen) atoms. The highest BCUT2D eigenvalue weighted by Gasteiger charge is 2.18. The average Bonchev–Trinajstić information content (AvgIpc) is 2.90. The van der Waals surface area contributed by atoms with Gasteiger partial charge in [0.1, 0.15) is 5.75 Å². The van der Waals surface area contributed by atoms with Crippen molar-refractivity contribution in [3.8, 4) is 5.75 Å². The van der Waals surface area contributed by atoms with Crippen molar-refractivity contribution in [2.24, 2.45) is 0 Å². The van der Waals surface area contributed by atoms with E-state index < -0.39 is 0 Å². The summed E-state index contributed by atoms with van der Waals surface area (Å²) in [7, 11) is 1.55. The molecule has 0 spiro atoms. The number of carbonyl (C=O) groups is 1. The lowest BCUT2D eigenvalue weighted by Gasteiger charge is -2.07. The molecule has 2 aromatic heterocycles. The Hall–Kier alpha value is -2.14. The number of aromatic amines is 1. The molecule has 0 saturated carbocycles. The molecule has 0 bridgehead atoms. The monoisotopic (exact) mass is 330 g/mol. The summed E-state index contributed by atoms with van der Waals surface area (Å²) < 4.78 is 6.15. The maximum Gasteiger partial charge on any atom is 0.198 e. The van der Waals surface area contributed by atoms with Crippen LogP contribution in [0.4, 0.5) is 0 Å². The van der Waals surface area contributed by atoms with Crippen LogP contribution in [0.25, 0.3) is 10.9 Å². The number of aromatic nitrogens is 2. The number of carbonyl (C=O) groups excluding carboxylic acids is 1. The van der Waals surface area contributed by atoms with Crippen molar-refractivity contribution in [3.05, 3.63) is 58.5 Å². The Morgan fingerprint density at radius 3 is 2.95 bits per heavy atom. The smallest absolute Gasteiger partial charge is 0.198 e. The van der Waals surface area contributed by atoms with Crippen LogP contribution in [-0.4, -0.2) is 22.9 Å². The van der Waals surface area contributed by atoms with Crippen LogP contribution in [0.2, 0.25) is 0 Å². The van der Waals surface area contributed by atoms with Gasteiger partial charge in [0, 0.05) is 39.5 Å². The van der Waals surface area contributed by atoms with E-state index in [1.807, 2.05) is 12.1 Å². The van der Waals surface area contributed by atoms with E-state index in [1.165, 1.54) is 0 Å². The highest BCUT2D eigenvalue weighted by Crippen LogP contribution is 2.28. The van der Waals surface area contributed by atoms with Crippen molar-refractivity contribution >= 4 is 32.6 Å². The molecule has 0 atom stereocenters. The highest BCUT2D eigenvalue weighted by atomic mass is 79.9. The Morgan fingerprint density at radius 2 is 2.15 bits per heavy atom. The number of ketones is 1. The lowest BCUT2D eigenvalue weighted by atomic mass is 10.0. The van der Waals surface area contributed by atoms with E-state index in [2.05, 4.69) is 25.9 Å². The molecule has 3 rings (SSSR count). The van der Waals surface area contributed by atoms with Crippen LogP contribution in [0.1, 0.15) is 15.9 Å². The fourth-order valence-corrected chi connectivity index (χ4v) is 2.49. The quantitative estimate of drug-likeness (QED) is 0.747. The van der Waals surface area contributed by atoms with Crippen LogP contribution in [0.3, 0.4) is 0 Å². The van der Waals surface area contributed by atoms with E-state index in [4.69, 9.17) is 4.74 Å². The topological polar surface area (TPSA) is 55.0 Å². The molecule has 0 unspecified atom stereocenters. The molecule has 0 aliphatic heterocycles. The van der Waals surface area contributed by atoms with Crippen molar-refractivity contribution in [3.63, 3.8) is 0 Å². The lowest BCUT2D eigenvalue weighted by molar-refractivity contribution is 0.103. The number of halogens is 1. The normalized spacial score (nSPS) is 10.7. The first-order valence-corrected chi connectivity index (χ1v) is 6.79. The van der Waals surface area contributed by atoms with Gasteiger partial charge in [0.25, 0.3) is 0 Å². The minimum absolute atomic E-state index is 0.0893. The van der Waals surface area contributed by atoms with Gasteiger partial charge in [0.05, 0.1) is 12.7 Å². The van der Waals surface area contributed by atoms with Gasteiger partial charge in [0.15, 0.2) is 5.78 Å². The highest BCUT2D eigenvalue weighted by molar-refractivity contribution is 9.10. The summed E-state index contributed by atoms with van der Waals surface area (Å²) in [5, 5.41) is 0.808. The Bertz CT molecular complexity index is 795. The molecule has 2 heterocycles. The molecule has 3 aromatic rings. The van der Waals surface area contributed by atoms with Crippen molar-refractivity contribution in [2.45, 2.75) is 0 Å². The van der Waals surface area contributed by atoms with Gasteiger partial charge in [-0.05, 0) is 24.3 Å². The Labute approximate surface area is 123 Å². The lowest BCUT2D eigenvalue weighted by Crippen LogP contribution is -2.03. The standard InChI is InChI=1S/C15H11BrN2O2/c1-20-14-6-9(16)2-3-10(14)15(19)12-8-18-13-4-5-17-7-11(12)13/h2-8,18H,1H3. The molecule has 4 nitrogen and oxygen atoms in total. The number of nitrogens with zero attached hydrogens (tertiary/aromatic N) is 1. The van der Waals surface area contributed by atoms with Gasteiger partial charge in [-0.15, -0.1) is 0 Å². The molecule has 100 valence electrons. The van der Waals surface area contributed by atoms with Crippen LogP contribution in [0.15, 0.2) is 47.3 Å². The minimum Gasteiger partial charge on any atom is -0.496 e. The van der Waals surface area contributed by atoms with Crippen molar-refractivity contribution < 1.29 is 9.53 Å². The summed E-state index contributed by atoms with van der Waals surface area (Å²) in [6, 6.07) is 7.19. The van der Waals surface area contributed by atoms with E-state index in [9.17, 15) is 4.79 Å². The molecule has 1 aromatic carbocycles. The zero-order valence-electron chi connectivity index (χ0n) is 10.7. The van der Waals surface area contributed by atoms with E-state index >= 15 is 0 Å². The van der Waals surface area contributed by atoms with Gasteiger partial charge in [-0.1, -0.05) is 15.9 Å². The second-order valence-electron chi connectivity index (χ2n) is 4.30. The molecule has 0 aliphatic rings. The molecular formula is C15H11BrN2O2. The third kappa shape index (κ3) is 2.10. The second kappa shape index (κ2) is 5.09. The van der Waals surface area contributed by atoms with Gasteiger partial charge in [-0.25, -0.2) is 0 Å². The van der Waals surface area contributed by atoms with Crippen LogP contribution in [-0.2, 0) is 0 Å². The number of H-pyrrole nitrogens is 1. The summed E-state index contributed by atoms with van der Waals surface area (Å²) in [5.74, 6) is 0.455. The molecule has 0 fully saturated rings. The first-order valence-electron chi connectivity index (χ1n) is 6.00. The second-order valence-corrected chi connectivity index (χ2v) is 5.21. The van der Waals surface area contributed by atoms with Gasteiger partial charge >= 0.3 is 0 Å². The minimum atomic E-state index is -0.0893. The van der Waals surface area contributed by atoms with Crippen molar-refractivity contribution in [1.29, 1.82) is 0 Å². The number of rotatable bonds is 3. The Balaban J connectivity index is 2.13. The van der Waals surface area contributed by atoms with Crippen LogP contribution in [0.5, 0.6) is 5.75 Å². The van der Waals surface area contributed by atoms with Crippen molar-refractivity contribution in [2.75, 3.05) is 7.11 Å². The number of pyridine rings is 1. The number of nitrogens with one attached hydrogen (secondary N) is 1. The Kier molecular flexibility index (Phi) is 3.28. The largest absolute Gasteiger partial charge is 0.496 e. The molecule has 5 heteroatoms. The summed E-state index contributed by atoms with van der Waals surface area (Å²) >= 11 is 3.37. The average molecular weight is 331 g/mol. The number of methoxy groups -OCH3 is 1. The summed E-state index contributed by atoms with van der Waals surface area (Å²) in [4.78, 5) is 19.8. The molecule has 1 N–H and O–H groups in total. The number of ether oxygens (including phenoxy) is 1. The first-order chi connectivity index (χ1) is 9.70. The predicted octanol–water partition coefficient (Wildman–Crippen LogP) is 3.57. The van der Waals surface area contributed by atoms with E-state index in [-0.39, 0.29) is 5.78 Å². The maximum absolute atomic E-state index is 12.7. The van der Waals surface area contributed by atoms with Gasteiger partial charge in [0.2, 0.25) is 0 Å². The van der Waals surface area contributed by atoms with Crippen LogP contribution >= 0.6 is 15.9 Å². The third-order valence-electron chi connectivity index (χ3n) is 3.14.